The largest absolute Gasteiger partial charge is 0.490 e. The molecule has 1 heterocycles. The molecule has 0 atom stereocenters. The number of Topliss-reactive ketones (excluding diaryl/α,β-unsaturated/α-hetero) is 2. The van der Waals surface area contributed by atoms with Crippen molar-refractivity contribution in [3.05, 3.63) is 83.7 Å². The van der Waals surface area contributed by atoms with E-state index in [2.05, 4.69) is 32.6 Å². The Balaban J connectivity index is 1.70. The van der Waals surface area contributed by atoms with Crippen LogP contribution < -0.4 is 9.47 Å². The lowest BCUT2D eigenvalue weighted by Gasteiger charge is -2.49. The highest BCUT2D eigenvalue weighted by atomic mass is 35.5. The first-order valence-corrected chi connectivity index (χ1v) is 16.3. The number of methoxy groups -OCH3 is 1. The monoisotopic (exact) mass is 681 g/mol. The van der Waals surface area contributed by atoms with Gasteiger partial charge < -0.3 is 19.1 Å². The molecule has 5 rings (SSSR count). The number of nitro benzene ring substituents is 2. The van der Waals surface area contributed by atoms with Crippen molar-refractivity contribution < 1.29 is 33.6 Å². The smallest absolute Gasteiger partial charge is 0.318 e. The first-order valence-electron chi connectivity index (χ1n) is 15.9. The Hall–Kier alpha value is -4.29. The summed E-state index contributed by atoms with van der Waals surface area (Å²) in [5.74, 6) is -0.944. The maximum Gasteiger partial charge on any atom is 0.318 e. The van der Waals surface area contributed by atoms with Crippen molar-refractivity contribution >= 4 is 34.5 Å². The summed E-state index contributed by atoms with van der Waals surface area (Å²) in [6, 6.07) is 6.32. The van der Waals surface area contributed by atoms with Gasteiger partial charge in [-0.25, -0.2) is 0 Å². The van der Waals surface area contributed by atoms with E-state index in [-0.39, 0.29) is 51.3 Å². The number of ketones is 2. The summed E-state index contributed by atoms with van der Waals surface area (Å²) in [7, 11) is 1.65. The maximum absolute atomic E-state index is 14.1. The number of halogens is 1. The molecule has 0 aromatic heterocycles. The van der Waals surface area contributed by atoms with Gasteiger partial charge in [-0.15, -0.1) is 0 Å². The lowest BCUT2D eigenvalue weighted by Crippen LogP contribution is -2.44. The highest BCUT2D eigenvalue weighted by molar-refractivity contribution is 6.32. The number of non-ortho nitro benzene ring substituents is 1. The summed E-state index contributed by atoms with van der Waals surface area (Å²) < 4.78 is 17.3. The van der Waals surface area contributed by atoms with Gasteiger partial charge in [0.15, 0.2) is 23.1 Å². The third-order valence-corrected chi connectivity index (χ3v) is 9.26. The van der Waals surface area contributed by atoms with Crippen LogP contribution in [0.15, 0.2) is 52.9 Å². The molecule has 3 aliphatic rings. The number of nitrogens with zero attached hydrogens (tertiary/aromatic N) is 3. The Labute approximate surface area is 284 Å². The average molecular weight is 682 g/mol. The standard InChI is InChI=1S/C35H40ClN3O9/c1-7-47-29-14-20(13-22(36)33(29)48-28-10-9-21(38(42)43)15-23(28)39(44)45)30-31-24(16-34(2,3)18-26(31)40)37(11-8-12-46-6)25-17-35(4,5)19-27(41)32(25)30/h9-10,13-15,30H,7-8,11-12,16-19H2,1-6H3. The summed E-state index contributed by atoms with van der Waals surface area (Å²) in [4.78, 5) is 52.1. The molecule has 0 fully saturated rings. The number of hydrogen-bond acceptors (Lipinski definition) is 10. The van der Waals surface area contributed by atoms with Gasteiger partial charge in [0.05, 0.1) is 27.5 Å². The molecule has 0 spiro atoms. The maximum atomic E-state index is 14.1. The van der Waals surface area contributed by atoms with Gasteiger partial charge in [-0.3, -0.25) is 29.8 Å². The van der Waals surface area contributed by atoms with Crippen molar-refractivity contribution in [2.45, 2.75) is 72.6 Å². The van der Waals surface area contributed by atoms with Gasteiger partial charge in [-0.05, 0) is 60.8 Å². The lowest BCUT2D eigenvalue weighted by atomic mass is 9.63. The fourth-order valence-corrected chi connectivity index (χ4v) is 7.35. The van der Waals surface area contributed by atoms with Crippen LogP contribution in [0.25, 0.3) is 0 Å². The van der Waals surface area contributed by atoms with E-state index < -0.39 is 27.1 Å². The van der Waals surface area contributed by atoms with Gasteiger partial charge in [0.1, 0.15) is 0 Å². The highest BCUT2D eigenvalue weighted by Crippen LogP contribution is 2.56. The van der Waals surface area contributed by atoms with Gasteiger partial charge in [0.2, 0.25) is 5.75 Å². The summed E-state index contributed by atoms with van der Waals surface area (Å²) >= 11 is 6.87. The number of hydrogen-bond donors (Lipinski definition) is 0. The normalized spacial score (nSPS) is 18.9. The molecule has 0 saturated heterocycles. The summed E-state index contributed by atoms with van der Waals surface area (Å²) in [5, 5.41) is 23.1. The van der Waals surface area contributed by atoms with Crippen LogP contribution in [-0.4, -0.2) is 53.2 Å². The van der Waals surface area contributed by atoms with Crippen molar-refractivity contribution in [3.8, 4) is 17.2 Å². The van der Waals surface area contributed by atoms with Gasteiger partial charge in [-0.1, -0.05) is 39.3 Å². The molecule has 256 valence electrons. The average Bonchev–Trinajstić information content (AvgIpc) is 2.98. The zero-order chi connectivity index (χ0) is 35.1. The zero-order valence-electron chi connectivity index (χ0n) is 28.0. The molecule has 1 aliphatic heterocycles. The van der Waals surface area contributed by atoms with E-state index in [4.69, 9.17) is 25.8 Å². The van der Waals surface area contributed by atoms with Crippen molar-refractivity contribution in [1.29, 1.82) is 0 Å². The molecule has 0 saturated carbocycles. The van der Waals surface area contributed by atoms with Gasteiger partial charge in [0.25, 0.3) is 5.69 Å². The highest BCUT2D eigenvalue weighted by Gasteiger charge is 2.49. The van der Waals surface area contributed by atoms with Crippen LogP contribution in [0.5, 0.6) is 17.2 Å². The second-order valence-electron chi connectivity index (χ2n) is 14.1. The number of allylic oxidation sites excluding steroid dienone is 4. The second kappa shape index (κ2) is 13.3. The van der Waals surface area contributed by atoms with Crippen LogP contribution in [0.2, 0.25) is 5.02 Å². The molecule has 0 bridgehead atoms. The molecular weight excluding hydrogens is 642 g/mol. The molecule has 0 unspecified atom stereocenters. The minimum absolute atomic E-state index is 0.0302. The van der Waals surface area contributed by atoms with Crippen LogP contribution in [0.1, 0.15) is 78.2 Å². The number of benzene rings is 2. The van der Waals surface area contributed by atoms with E-state index in [1.165, 1.54) is 0 Å². The fourth-order valence-electron chi connectivity index (χ4n) is 7.09. The Kier molecular flexibility index (Phi) is 9.71. The van der Waals surface area contributed by atoms with E-state index in [9.17, 15) is 29.8 Å². The molecule has 0 N–H and O–H groups in total. The van der Waals surface area contributed by atoms with Crippen molar-refractivity contribution in [1.82, 2.24) is 4.90 Å². The molecule has 2 aliphatic carbocycles. The minimum atomic E-state index is -0.778. The first-order chi connectivity index (χ1) is 22.6. The van der Waals surface area contributed by atoms with Gasteiger partial charge >= 0.3 is 5.69 Å². The van der Waals surface area contributed by atoms with Crippen LogP contribution in [0.4, 0.5) is 11.4 Å². The predicted molar refractivity (Wildman–Crippen MR) is 178 cm³/mol. The molecule has 12 nitrogen and oxygen atoms in total. The molecule has 2 aromatic carbocycles. The quantitative estimate of drug-likeness (QED) is 0.129. The Bertz CT molecular complexity index is 1710. The van der Waals surface area contributed by atoms with Gasteiger partial charge in [-0.2, -0.15) is 0 Å². The summed E-state index contributed by atoms with van der Waals surface area (Å²) in [6.45, 7) is 11.3. The number of carbonyl (C=O) groups excluding carboxylic acids is 2. The summed E-state index contributed by atoms with van der Waals surface area (Å²) in [6.07, 6.45) is 2.61. The van der Waals surface area contributed by atoms with Crippen LogP contribution in [-0.2, 0) is 14.3 Å². The van der Waals surface area contributed by atoms with E-state index in [1.807, 2.05) is 0 Å². The van der Waals surface area contributed by atoms with Gasteiger partial charge in [0, 0.05) is 67.6 Å². The van der Waals surface area contributed by atoms with Crippen molar-refractivity contribution in [3.63, 3.8) is 0 Å². The van der Waals surface area contributed by atoms with Crippen LogP contribution in [0.3, 0.4) is 0 Å². The molecule has 2 aromatic rings. The number of ether oxygens (including phenoxy) is 3. The third kappa shape index (κ3) is 6.82. The Morgan fingerprint density at radius 1 is 0.896 bits per heavy atom. The topological polar surface area (TPSA) is 151 Å². The predicted octanol–water partition coefficient (Wildman–Crippen LogP) is 8.07. The van der Waals surface area contributed by atoms with E-state index >= 15 is 0 Å². The number of nitro groups is 2. The zero-order valence-corrected chi connectivity index (χ0v) is 28.8. The van der Waals surface area contributed by atoms with Crippen molar-refractivity contribution in [2.75, 3.05) is 26.9 Å². The Morgan fingerprint density at radius 3 is 2.02 bits per heavy atom. The lowest BCUT2D eigenvalue weighted by molar-refractivity contribution is -0.394. The molecular formula is C35H40ClN3O9. The van der Waals surface area contributed by atoms with E-state index in [0.29, 0.717) is 62.0 Å². The third-order valence-electron chi connectivity index (χ3n) is 8.98. The first kappa shape index (κ1) is 35.0. The Morgan fingerprint density at radius 2 is 1.50 bits per heavy atom. The fraction of sp³-hybridized carbons (Fsp3) is 0.486. The molecule has 13 heteroatoms. The van der Waals surface area contributed by atoms with Crippen LogP contribution in [0, 0.1) is 31.1 Å². The molecule has 0 amide bonds. The minimum Gasteiger partial charge on any atom is -0.490 e. The second-order valence-corrected chi connectivity index (χ2v) is 14.5. The van der Waals surface area contributed by atoms with E-state index in [0.717, 1.165) is 29.6 Å². The van der Waals surface area contributed by atoms with Crippen molar-refractivity contribution in [2.24, 2.45) is 10.8 Å². The number of rotatable bonds is 11. The number of carbonyl (C=O) groups is 2. The SMILES string of the molecule is CCOc1cc(C2C3=C(CC(C)(C)CC3=O)N(CCCOC)C3=C2C(=O)CC(C)(C)C3)cc(Cl)c1Oc1ccc([N+](=O)[O-])cc1[N+](=O)[O-]. The van der Waals surface area contributed by atoms with E-state index in [1.54, 1.807) is 26.2 Å². The van der Waals surface area contributed by atoms with Crippen LogP contribution >= 0.6 is 11.6 Å². The summed E-state index contributed by atoms with van der Waals surface area (Å²) in [5.41, 5.74) is 1.82. The molecule has 0 radical (unpaired) electrons. The molecule has 48 heavy (non-hydrogen) atoms.